The molecule has 2 N–H and O–H groups in total. The fourth-order valence-electron chi connectivity index (χ4n) is 2.37. The number of carbonyl (C=O) groups is 1. The molecular formula is C15H20ClN3O3. The monoisotopic (exact) mass is 325 g/mol. The molecule has 0 saturated carbocycles. The zero-order chi connectivity index (χ0) is 14.7. The van der Waals surface area contributed by atoms with Crippen molar-refractivity contribution in [2.75, 3.05) is 25.0 Å². The highest BCUT2D eigenvalue weighted by Crippen LogP contribution is 2.20. The van der Waals surface area contributed by atoms with Gasteiger partial charge >= 0.3 is 0 Å². The van der Waals surface area contributed by atoms with E-state index in [0.717, 1.165) is 36.3 Å². The van der Waals surface area contributed by atoms with Crippen LogP contribution in [0.5, 0.6) is 0 Å². The van der Waals surface area contributed by atoms with Crippen LogP contribution in [0.15, 0.2) is 22.6 Å². The molecule has 1 aliphatic heterocycles. The largest absolute Gasteiger partial charge is 0.441 e. The van der Waals surface area contributed by atoms with E-state index >= 15 is 0 Å². The van der Waals surface area contributed by atoms with Gasteiger partial charge in [0.05, 0.1) is 19.1 Å². The number of oxazole rings is 1. The SMILES string of the molecule is CCc1nc2cc(NC(=O)CC3CNCCO3)ccc2o1.Cl. The van der Waals surface area contributed by atoms with E-state index < -0.39 is 0 Å². The lowest BCUT2D eigenvalue weighted by Gasteiger charge is -2.23. The summed E-state index contributed by atoms with van der Waals surface area (Å²) in [5, 5.41) is 6.09. The first-order chi connectivity index (χ1) is 10.2. The summed E-state index contributed by atoms with van der Waals surface area (Å²) in [6.07, 6.45) is 1.05. The Balaban J connectivity index is 0.00000176. The van der Waals surface area contributed by atoms with Crippen LogP contribution in [0.4, 0.5) is 5.69 Å². The number of halogens is 1. The third-order valence-electron chi connectivity index (χ3n) is 3.44. The molecule has 2 aromatic rings. The fourth-order valence-corrected chi connectivity index (χ4v) is 2.37. The molecule has 1 atom stereocenters. The molecule has 2 heterocycles. The molecule has 1 saturated heterocycles. The van der Waals surface area contributed by atoms with E-state index in [0.29, 0.717) is 18.9 Å². The molecule has 0 spiro atoms. The average molecular weight is 326 g/mol. The van der Waals surface area contributed by atoms with Gasteiger partial charge in [0.15, 0.2) is 11.5 Å². The normalized spacial score (nSPS) is 18.0. The van der Waals surface area contributed by atoms with Gasteiger partial charge in [0.1, 0.15) is 5.52 Å². The van der Waals surface area contributed by atoms with Crippen LogP contribution in [0.2, 0.25) is 0 Å². The van der Waals surface area contributed by atoms with Gasteiger partial charge < -0.3 is 19.8 Å². The predicted molar refractivity (Wildman–Crippen MR) is 86.5 cm³/mol. The molecule has 1 aliphatic rings. The maximum absolute atomic E-state index is 12.0. The maximum atomic E-state index is 12.0. The summed E-state index contributed by atoms with van der Waals surface area (Å²) in [5.41, 5.74) is 2.23. The smallest absolute Gasteiger partial charge is 0.227 e. The van der Waals surface area contributed by atoms with Crippen molar-refractivity contribution in [3.63, 3.8) is 0 Å². The Morgan fingerprint density at radius 2 is 2.36 bits per heavy atom. The molecule has 3 rings (SSSR count). The van der Waals surface area contributed by atoms with Gasteiger partial charge in [0, 0.05) is 25.2 Å². The first-order valence-corrected chi connectivity index (χ1v) is 7.26. The standard InChI is InChI=1S/C15H19N3O3.ClH/c1-2-15-18-12-7-10(3-4-13(12)21-15)17-14(19)8-11-9-16-5-6-20-11;/h3-4,7,11,16H,2,5-6,8-9H2,1H3,(H,17,19);1H. The van der Waals surface area contributed by atoms with E-state index in [4.69, 9.17) is 9.15 Å². The van der Waals surface area contributed by atoms with Crippen LogP contribution < -0.4 is 10.6 Å². The quantitative estimate of drug-likeness (QED) is 0.900. The summed E-state index contributed by atoms with van der Waals surface area (Å²) < 4.78 is 11.1. The summed E-state index contributed by atoms with van der Waals surface area (Å²) in [4.78, 5) is 16.4. The van der Waals surface area contributed by atoms with Gasteiger partial charge in [0.2, 0.25) is 5.91 Å². The Labute approximate surface area is 135 Å². The van der Waals surface area contributed by atoms with Crippen LogP contribution in [0.3, 0.4) is 0 Å². The first kappa shape index (κ1) is 16.7. The van der Waals surface area contributed by atoms with Crippen molar-refractivity contribution in [3.05, 3.63) is 24.1 Å². The number of hydrogen-bond acceptors (Lipinski definition) is 5. The van der Waals surface area contributed by atoms with Crippen molar-refractivity contribution in [1.29, 1.82) is 0 Å². The summed E-state index contributed by atoms with van der Waals surface area (Å²) in [7, 11) is 0. The maximum Gasteiger partial charge on any atom is 0.227 e. The van der Waals surface area contributed by atoms with E-state index in [1.165, 1.54) is 0 Å². The zero-order valence-electron chi connectivity index (χ0n) is 12.4. The molecule has 0 aliphatic carbocycles. The van der Waals surface area contributed by atoms with E-state index in [2.05, 4.69) is 15.6 Å². The topological polar surface area (TPSA) is 76.4 Å². The number of carbonyl (C=O) groups excluding carboxylic acids is 1. The van der Waals surface area contributed by atoms with E-state index in [1.54, 1.807) is 0 Å². The highest BCUT2D eigenvalue weighted by atomic mass is 35.5. The van der Waals surface area contributed by atoms with Crippen LogP contribution in [0.25, 0.3) is 11.1 Å². The molecule has 6 nitrogen and oxygen atoms in total. The molecule has 1 aromatic heterocycles. The molecule has 1 aromatic carbocycles. The molecular weight excluding hydrogens is 306 g/mol. The number of amides is 1. The molecule has 1 fully saturated rings. The third kappa shape index (κ3) is 3.97. The molecule has 0 bridgehead atoms. The molecule has 22 heavy (non-hydrogen) atoms. The molecule has 1 unspecified atom stereocenters. The van der Waals surface area contributed by atoms with Crippen molar-refractivity contribution in [2.24, 2.45) is 0 Å². The number of morpholine rings is 1. The second-order valence-electron chi connectivity index (χ2n) is 5.09. The van der Waals surface area contributed by atoms with Crippen LogP contribution in [-0.4, -0.2) is 36.7 Å². The number of aryl methyl sites for hydroxylation is 1. The van der Waals surface area contributed by atoms with Crippen molar-refractivity contribution < 1.29 is 13.9 Å². The molecule has 0 radical (unpaired) electrons. The zero-order valence-corrected chi connectivity index (χ0v) is 13.2. The lowest BCUT2D eigenvalue weighted by molar-refractivity contribution is -0.119. The summed E-state index contributed by atoms with van der Waals surface area (Å²) in [5.74, 6) is 0.650. The van der Waals surface area contributed by atoms with Gasteiger partial charge in [-0.2, -0.15) is 0 Å². The highest BCUT2D eigenvalue weighted by Gasteiger charge is 2.17. The number of anilines is 1. The second-order valence-corrected chi connectivity index (χ2v) is 5.09. The van der Waals surface area contributed by atoms with E-state index in [9.17, 15) is 4.79 Å². The lowest BCUT2D eigenvalue weighted by Crippen LogP contribution is -2.40. The summed E-state index contributed by atoms with van der Waals surface area (Å²) >= 11 is 0. The number of nitrogens with one attached hydrogen (secondary N) is 2. The Kier molecular flexibility index (Phi) is 5.76. The van der Waals surface area contributed by atoms with Crippen molar-refractivity contribution in [1.82, 2.24) is 10.3 Å². The highest BCUT2D eigenvalue weighted by molar-refractivity contribution is 5.93. The van der Waals surface area contributed by atoms with Crippen molar-refractivity contribution in [3.8, 4) is 0 Å². The van der Waals surface area contributed by atoms with Crippen LogP contribution in [0.1, 0.15) is 19.2 Å². The lowest BCUT2D eigenvalue weighted by atomic mass is 10.2. The number of hydrogen-bond donors (Lipinski definition) is 2. The summed E-state index contributed by atoms with van der Waals surface area (Å²) in [6.45, 7) is 4.21. The Hall–Kier alpha value is -1.63. The average Bonchev–Trinajstić information content (AvgIpc) is 2.90. The molecule has 120 valence electrons. The third-order valence-corrected chi connectivity index (χ3v) is 3.44. The number of benzene rings is 1. The van der Waals surface area contributed by atoms with Gasteiger partial charge in [0.25, 0.3) is 0 Å². The van der Waals surface area contributed by atoms with Crippen molar-refractivity contribution >= 4 is 35.1 Å². The summed E-state index contributed by atoms with van der Waals surface area (Å²) in [6, 6.07) is 5.48. The Morgan fingerprint density at radius 3 is 3.09 bits per heavy atom. The first-order valence-electron chi connectivity index (χ1n) is 7.26. The molecule has 1 amide bonds. The minimum atomic E-state index is -0.0544. The number of rotatable bonds is 4. The van der Waals surface area contributed by atoms with Crippen LogP contribution in [0, 0.1) is 0 Å². The Bertz CT molecular complexity index is 638. The van der Waals surface area contributed by atoms with Gasteiger partial charge in [-0.15, -0.1) is 12.4 Å². The fraction of sp³-hybridized carbons (Fsp3) is 0.467. The Morgan fingerprint density at radius 1 is 1.50 bits per heavy atom. The van der Waals surface area contributed by atoms with Crippen molar-refractivity contribution in [2.45, 2.75) is 25.9 Å². The number of nitrogens with zero attached hydrogens (tertiary/aromatic N) is 1. The number of aromatic nitrogens is 1. The van der Waals surface area contributed by atoms with E-state index in [1.807, 2.05) is 25.1 Å². The number of ether oxygens (including phenoxy) is 1. The van der Waals surface area contributed by atoms with E-state index in [-0.39, 0.29) is 24.4 Å². The second kappa shape index (κ2) is 7.58. The minimum absolute atomic E-state index is 0. The van der Waals surface area contributed by atoms with Gasteiger partial charge in [-0.1, -0.05) is 6.92 Å². The van der Waals surface area contributed by atoms with Gasteiger partial charge in [-0.05, 0) is 18.2 Å². The number of fused-ring (bicyclic) bond motifs is 1. The minimum Gasteiger partial charge on any atom is -0.441 e. The van der Waals surface area contributed by atoms with Gasteiger partial charge in [-0.3, -0.25) is 4.79 Å². The van der Waals surface area contributed by atoms with Crippen LogP contribution in [-0.2, 0) is 16.0 Å². The van der Waals surface area contributed by atoms with Gasteiger partial charge in [-0.25, -0.2) is 4.98 Å². The van der Waals surface area contributed by atoms with Crippen LogP contribution >= 0.6 is 12.4 Å². The predicted octanol–water partition coefficient (Wildman–Crippen LogP) is 2.13. The molecule has 7 heteroatoms.